The van der Waals surface area contributed by atoms with E-state index in [4.69, 9.17) is 9.47 Å². The number of carbonyl (C=O) groups excluding carboxylic acids is 5. The van der Waals surface area contributed by atoms with Crippen LogP contribution < -0.4 is 15.4 Å². The van der Waals surface area contributed by atoms with Crippen LogP contribution in [0.1, 0.15) is 93.7 Å². The van der Waals surface area contributed by atoms with Gasteiger partial charge in [-0.1, -0.05) is 55.3 Å². The van der Waals surface area contributed by atoms with Gasteiger partial charge < -0.3 is 25.0 Å². The van der Waals surface area contributed by atoms with E-state index in [1.165, 1.54) is 4.90 Å². The van der Waals surface area contributed by atoms with Gasteiger partial charge in [-0.15, -0.1) is 0 Å². The van der Waals surface area contributed by atoms with Gasteiger partial charge >= 0.3 is 12.2 Å². The Morgan fingerprint density at radius 2 is 1.77 bits per heavy atom. The van der Waals surface area contributed by atoms with Crippen LogP contribution in [0, 0.1) is 5.92 Å². The molecular weight excluding hydrogens is 690 g/mol. The molecule has 0 unspecified atom stereocenters. The molecule has 7 rings (SSSR count). The first kappa shape index (κ1) is 36.0. The zero-order valence-electron chi connectivity index (χ0n) is 29.2. The molecule has 0 aromatic heterocycles. The van der Waals surface area contributed by atoms with Crippen molar-refractivity contribution in [1.29, 1.82) is 0 Å². The topological polar surface area (TPSA) is 181 Å². The van der Waals surface area contributed by atoms with Crippen LogP contribution in [0.5, 0.6) is 0 Å². The van der Waals surface area contributed by atoms with E-state index in [9.17, 15) is 32.4 Å². The van der Waals surface area contributed by atoms with Crippen molar-refractivity contribution in [2.75, 3.05) is 13.2 Å². The van der Waals surface area contributed by atoms with Crippen molar-refractivity contribution in [3.8, 4) is 0 Å². The highest BCUT2D eigenvalue weighted by Gasteiger charge is 2.62. The number of ether oxygens (including phenoxy) is 2. The molecule has 1 aromatic carbocycles. The van der Waals surface area contributed by atoms with Gasteiger partial charge in [0.1, 0.15) is 23.7 Å². The lowest BCUT2D eigenvalue weighted by Crippen LogP contribution is -2.58. The monoisotopic (exact) mass is 737 g/mol. The van der Waals surface area contributed by atoms with Gasteiger partial charge in [-0.25, -0.2) is 18.0 Å². The third-order valence-electron chi connectivity index (χ3n) is 11.0. The number of carbonyl (C=O) groups is 5. The van der Waals surface area contributed by atoms with Gasteiger partial charge in [0, 0.05) is 18.9 Å². The molecule has 52 heavy (non-hydrogen) atoms. The summed E-state index contributed by atoms with van der Waals surface area (Å²) in [4.78, 5) is 71.6. The van der Waals surface area contributed by atoms with Crippen molar-refractivity contribution >= 4 is 46.0 Å². The second kappa shape index (κ2) is 14.9. The second-order valence-corrected chi connectivity index (χ2v) is 16.8. The van der Waals surface area contributed by atoms with E-state index < -0.39 is 74.8 Å². The lowest BCUT2D eigenvalue weighted by atomic mass is 10.0. The van der Waals surface area contributed by atoms with Crippen LogP contribution in [0.2, 0.25) is 0 Å². The number of fused-ring (bicyclic) bond motifs is 4. The van der Waals surface area contributed by atoms with E-state index in [1.807, 2.05) is 36.4 Å². The average Bonchev–Trinajstić information content (AvgIpc) is 3.99. The number of cyclic esters (lactones) is 1. The molecule has 5 amide bonds. The van der Waals surface area contributed by atoms with E-state index in [1.54, 1.807) is 4.90 Å². The number of sulfonamides is 1. The van der Waals surface area contributed by atoms with Gasteiger partial charge in [-0.2, -0.15) is 0 Å². The van der Waals surface area contributed by atoms with E-state index in [-0.39, 0.29) is 26.0 Å². The van der Waals surface area contributed by atoms with Gasteiger partial charge in [0.15, 0.2) is 0 Å². The number of hydrogen-bond donors (Lipinski definition) is 3. The normalized spacial score (nSPS) is 30.2. The van der Waals surface area contributed by atoms with Crippen LogP contribution in [0.4, 0.5) is 9.59 Å². The molecule has 5 atom stereocenters. The van der Waals surface area contributed by atoms with Gasteiger partial charge in [-0.3, -0.25) is 24.0 Å². The SMILES string of the molecule is O=C1N[C@H]2CCCCCC=C[C@@H]3C[C@@]3(C(=O)NS(=O)(=O)C3CC3)NC(=O)[C@@H]3C[C@H](CN3C2=O)OC(=O)N2Cc3cccc(c3C2)C=CCCCCO1. The molecule has 2 saturated carbocycles. The number of nitrogens with one attached hydrogen (secondary N) is 3. The van der Waals surface area contributed by atoms with Crippen molar-refractivity contribution in [2.24, 2.45) is 5.92 Å². The maximum absolute atomic E-state index is 14.3. The average molecular weight is 738 g/mol. The highest BCUT2D eigenvalue weighted by atomic mass is 32.2. The summed E-state index contributed by atoms with van der Waals surface area (Å²) in [5.74, 6) is -2.43. The van der Waals surface area contributed by atoms with Crippen molar-refractivity contribution in [3.05, 3.63) is 53.1 Å². The van der Waals surface area contributed by atoms with Gasteiger partial charge in [0.2, 0.25) is 21.8 Å². The standard InChI is InChI=1S/C37H47N5O9S/c43-32-31-19-27-22-42(31)33(44)30(15-8-3-1-2-7-14-26-20-37(26,39-32)34(45)40-52(48,49)28-16-17-28)38-35(46)50-18-9-5-4-6-11-24-12-10-13-25-21-41(23-29(24)25)36(47)51-27/h6-7,10-14,26-28,30-31H,1-5,8-9,15-23H2,(H,38,46)(H,39,43)(H,40,45)/t26-,27-,30+,31+,37-/m1/s1. The molecule has 3 fully saturated rings. The fraction of sp³-hybridized carbons (Fsp3) is 0.595. The van der Waals surface area contributed by atoms with Crippen molar-refractivity contribution < 1.29 is 41.9 Å². The highest BCUT2D eigenvalue weighted by Crippen LogP contribution is 2.46. The Hall–Kier alpha value is -4.40. The van der Waals surface area contributed by atoms with Gasteiger partial charge in [-0.05, 0) is 74.5 Å². The summed E-state index contributed by atoms with van der Waals surface area (Å²) in [6.45, 7) is 0.781. The van der Waals surface area contributed by atoms with Crippen LogP contribution >= 0.6 is 0 Å². The largest absolute Gasteiger partial charge is 0.450 e. The zero-order valence-corrected chi connectivity index (χ0v) is 30.0. The minimum absolute atomic E-state index is 0.0478. The van der Waals surface area contributed by atoms with E-state index in [0.29, 0.717) is 51.6 Å². The van der Waals surface area contributed by atoms with Crippen molar-refractivity contribution in [2.45, 2.75) is 119 Å². The molecule has 4 aliphatic heterocycles. The predicted molar refractivity (Wildman–Crippen MR) is 189 cm³/mol. The molecule has 2 aliphatic carbocycles. The molecular formula is C37H47N5O9S. The number of nitrogens with zero attached hydrogens (tertiary/aromatic N) is 2. The Bertz CT molecular complexity index is 1780. The number of rotatable bonds is 3. The Labute approximate surface area is 303 Å². The molecule has 15 heteroatoms. The summed E-state index contributed by atoms with van der Waals surface area (Å²) in [7, 11) is -3.89. The molecule has 6 aliphatic rings. The third kappa shape index (κ3) is 7.83. The molecule has 1 saturated heterocycles. The van der Waals surface area contributed by atoms with Gasteiger partial charge in [0.05, 0.1) is 24.9 Å². The maximum Gasteiger partial charge on any atom is 0.410 e. The molecule has 14 nitrogen and oxygen atoms in total. The Kier molecular flexibility index (Phi) is 10.3. The molecule has 3 N–H and O–H groups in total. The summed E-state index contributed by atoms with van der Waals surface area (Å²) in [6, 6.07) is 3.77. The zero-order chi connectivity index (χ0) is 36.5. The predicted octanol–water partition coefficient (Wildman–Crippen LogP) is 3.40. The second-order valence-electron chi connectivity index (χ2n) is 14.8. The Morgan fingerprint density at radius 1 is 0.962 bits per heavy atom. The summed E-state index contributed by atoms with van der Waals surface area (Å²) in [5.41, 5.74) is 1.54. The third-order valence-corrected chi connectivity index (χ3v) is 12.8. The fourth-order valence-corrected chi connectivity index (χ4v) is 9.08. The fourth-order valence-electron chi connectivity index (χ4n) is 7.72. The quantitative estimate of drug-likeness (QED) is 0.392. The minimum atomic E-state index is -3.89. The number of allylic oxidation sites excluding steroid dienone is 2. The summed E-state index contributed by atoms with van der Waals surface area (Å²) >= 11 is 0. The first-order valence-electron chi connectivity index (χ1n) is 18.6. The molecule has 5 bridgehead atoms. The molecule has 0 spiro atoms. The summed E-state index contributed by atoms with van der Waals surface area (Å²) in [5, 5.41) is 4.93. The minimum Gasteiger partial charge on any atom is -0.450 e. The van der Waals surface area contributed by atoms with Crippen LogP contribution in [0.3, 0.4) is 0 Å². The van der Waals surface area contributed by atoms with E-state index in [0.717, 1.165) is 42.4 Å². The summed E-state index contributed by atoms with van der Waals surface area (Å²) < 4.78 is 39.2. The lowest BCUT2D eigenvalue weighted by Gasteiger charge is -2.29. The van der Waals surface area contributed by atoms with Crippen LogP contribution in [0.25, 0.3) is 6.08 Å². The number of hydrogen-bond acceptors (Lipinski definition) is 9. The van der Waals surface area contributed by atoms with Crippen molar-refractivity contribution in [3.63, 3.8) is 0 Å². The van der Waals surface area contributed by atoms with Crippen LogP contribution in [-0.4, -0.2) is 90.3 Å². The molecule has 4 heterocycles. The maximum atomic E-state index is 14.3. The lowest BCUT2D eigenvalue weighted by molar-refractivity contribution is -0.141. The Morgan fingerprint density at radius 3 is 2.60 bits per heavy atom. The molecule has 1 aromatic rings. The highest BCUT2D eigenvalue weighted by molar-refractivity contribution is 7.91. The first-order chi connectivity index (χ1) is 25.0. The smallest absolute Gasteiger partial charge is 0.410 e. The van der Waals surface area contributed by atoms with E-state index in [2.05, 4.69) is 21.4 Å². The number of amides is 5. The van der Waals surface area contributed by atoms with Gasteiger partial charge in [0.25, 0.3) is 5.91 Å². The molecule has 280 valence electrons. The van der Waals surface area contributed by atoms with Crippen LogP contribution in [-0.2, 0) is 47.0 Å². The first-order valence-corrected chi connectivity index (χ1v) is 20.1. The summed E-state index contributed by atoms with van der Waals surface area (Å²) in [6.07, 6.45) is 12.2. The Balaban J connectivity index is 1.17. The van der Waals surface area contributed by atoms with Crippen molar-refractivity contribution in [1.82, 2.24) is 25.2 Å². The number of alkyl carbamates (subject to hydrolysis) is 1. The molecule has 0 radical (unpaired) electrons. The number of benzene rings is 1. The van der Waals surface area contributed by atoms with E-state index >= 15 is 0 Å². The van der Waals surface area contributed by atoms with Crippen LogP contribution in [0.15, 0.2) is 36.4 Å².